The van der Waals surface area contributed by atoms with Crippen LogP contribution in [0.4, 0.5) is 0 Å². The van der Waals surface area contributed by atoms with Gasteiger partial charge < -0.3 is 4.74 Å². The Morgan fingerprint density at radius 2 is 1.25 bits per heavy atom. The third kappa shape index (κ3) is 6.28. The van der Waals surface area contributed by atoms with Crippen molar-refractivity contribution in [2.24, 2.45) is 0 Å². The minimum absolute atomic E-state index is 0.00280. The van der Waals surface area contributed by atoms with Gasteiger partial charge in [0.2, 0.25) is 0 Å². The molecule has 0 aliphatic carbocycles. The molecule has 0 N–H and O–H groups in total. The highest BCUT2D eigenvalue weighted by Gasteiger charge is 2.25. The van der Waals surface area contributed by atoms with Crippen LogP contribution in [0.25, 0.3) is 50.0 Å². The fourth-order valence-electron chi connectivity index (χ4n) is 7.34. The lowest BCUT2D eigenvalue weighted by Crippen LogP contribution is -2.34. The van der Waals surface area contributed by atoms with Crippen molar-refractivity contribution in [3.05, 3.63) is 151 Å². The van der Waals surface area contributed by atoms with Gasteiger partial charge in [-0.3, -0.25) is 13.7 Å². The molecule has 3 aromatic heterocycles. The summed E-state index contributed by atoms with van der Waals surface area (Å²) in [5.74, 6) is 2.41. The van der Waals surface area contributed by atoms with Gasteiger partial charge in [0.15, 0.2) is 0 Å². The maximum atomic E-state index is 6.67. The largest absolute Gasteiger partial charge is 0.458 e. The summed E-state index contributed by atoms with van der Waals surface area (Å²) < 4.78 is 13.3. The molecular weight excluding hydrogens is 649 g/mol. The number of para-hydroxylation sites is 3. The third-order valence-electron chi connectivity index (χ3n) is 10.3. The van der Waals surface area contributed by atoms with Gasteiger partial charge >= 0.3 is 0 Å². The van der Waals surface area contributed by atoms with Crippen LogP contribution in [0.3, 0.4) is 0 Å². The number of hydrogen-bond donors (Lipinski definition) is 0. The molecule has 0 saturated carbocycles. The van der Waals surface area contributed by atoms with Crippen LogP contribution in [-0.4, -0.2) is 14.1 Å². The van der Waals surface area contributed by atoms with Crippen molar-refractivity contribution < 1.29 is 9.30 Å². The Balaban J connectivity index is 1.22. The van der Waals surface area contributed by atoms with Crippen molar-refractivity contribution in [2.75, 3.05) is 0 Å². The van der Waals surface area contributed by atoms with Gasteiger partial charge in [-0.2, -0.15) is 0 Å². The van der Waals surface area contributed by atoms with Crippen LogP contribution in [0.1, 0.15) is 79.0 Å². The first-order chi connectivity index (χ1) is 25.2. The number of ether oxygens (including phenoxy) is 1. The summed E-state index contributed by atoms with van der Waals surface area (Å²) in [5, 5.41) is 2.35. The topological polar surface area (TPSA) is 35.9 Å². The quantitative estimate of drug-likeness (QED) is 0.133. The normalized spacial score (nSPS) is 12.6. The van der Waals surface area contributed by atoms with Gasteiger partial charge in [-0.05, 0) is 87.5 Å². The first-order valence-electron chi connectivity index (χ1n) is 18.6. The maximum Gasteiger partial charge on any atom is 0.269 e. The SMILES string of the molecule is CC(C)(C)c1ccnc(-n2c3ccccc3c3ccc(Oc4cccc(-n5[c-][n+](-c6cc(C(C)(C)C)ccc6C(C)(C)C)c6ccccc65)c4)cc32)c1. The summed E-state index contributed by atoms with van der Waals surface area (Å²) in [7, 11) is 0. The van der Waals surface area contributed by atoms with E-state index in [9.17, 15) is 0 Å². The van der Waals surface area contributed by atoms with E-state index in [1.165, 1.54) is 22.1 Å². The second-order valence-electron chi connectivity index (χ2n) is 17.3. The molecule has 0 unspecified atom stereocenters. The number of benzene rings is 5. The minimum atomic E-state index is -0.0538. The summed E-state index contributed by atoms with van der Waals surface area (Å²) >= 11 is 0. The smallest absolute Gasteiger partial charge is 0.269 e. The molecule has 266 valence electrons. The molecular formula is C48H48N4O. The second-order valence-corrected chi connectivity index (χ2v) is 17.3. The number of rotatable bonds is 5. The zero-order chi connectivity index (χ0) is 37.3. The highest BCUT2D eigenvalue weighted by Crippen LogP contribution is 2.37. The Hall–Kier alpha value is -5.68. The lowest BCUT2D eigenvalue weighted by Gasteiger charge is -2.27. The van der Waals surface area contributed by atoms with Gasteiger partial charge in [-0.15, -0.1) is 0 Å². The van der Waals surface area contributed by atoms with E-state index in [0.717, 1.165) is 56.1 Å². The summed E-state index contributed by atoms with van der Waals surface area (Å²) in [6, 6.07) is 42.9. The molecule has 0 bridgehead atoms. The van der Waals surface area contributed by atoms with Gasteiger partial charge in [0.1, 0.15) is 17.3 Å². The van der Waals surface area contributed by atoms with Crippen LogP contribution in [0, 0.1) is 6.33 Å². The monoisotopic (exact) mass is 696 g/mol. The van der Waals surface area contributed by atoms with Crippen molar-refractivity contribution in [3.8, 4) is 28.7 Å². The molecule has 5 heteroatoms. The molecule has 0 fully saturated rings. The molecule has 0 spiro atoms. The molecule has 0 saturated heterocycles. The van der Waals surface area contributed by atoms with Gasteiger partial charge in [0, 0.05) is 23.0 Å². The average molecular weight is 697 g/mol. The van der Waals surface area contributed by atoms with E-state index in [-0.39, 0.29) is 16.2 Å². The van der Waals surface area contributed by atoms with Crippen molar-refractivity contribution in [1.29, 1.82) is 0 Å². The molecule has 5 nitrogen and oxygen atoms in total. The van der Waals surface area contributed by atoms with Gasteiger partial charge in [0.05, 0.1) is 33.4 Å². The average Bonchev–Trinajstić information content (AvgIpc) is 3.66. The van der Waals surface area contributed by atoms with Crippen LogP contribution in [0.5, 0.6) is 11.5 Å². The first-order valence-corrected chi connectivity index (χ1v) is 18.6. The molecule has 0 radical (unpaired) electrons. The Bertz CT molecular complexity index is 2650. The molecule has 8 rings (SSSR count). The molecule has 0 aliphatic heterocycles. The lowest BCUT2D eigenvalue weighted by molar-refractivity contribution is -0.573. The Morgan fingerprint density at radius 1 is 0.566 bits per heavy atom. The Morgan fingerprint density at radius 3 is 2.00 bits per heavy atom. The van der Waals surface area contributed by atoms with Crippen LogP contribution in [0.15, 0.2) is 128 Å². The van der Waals surface area contributed by atoms with E-state index in [4.69, 9.17) is 9.72 Å². The van der Waals surface area contributed by atoms with Crippen molar-refractivity contribution in [1.82, 2.24) is 14.1 Å². The van der Waals surface area contributed by atoms with E-state index in [0.29, 0.717) is 0 Å². The van der Waals surface area contributed by atoms with Crippen molar-refractivity contribution in [3.63, 3.8) is 0 Å². The van der Waals surface area contributed by atoms with Crippen molar-refractivity contribution in [2.45, 2.75) is 78.6 Å². The van der Waals surface area contributed by atoms with E-state index < -0.39 is 0 Å². The minimum Gasteiger partial charge on any atom is -0.458 e. The molecule has 8 aromatic rings. The van der Waals surface area contributed by atoms with E-state index in [1.54, 1.807) is 0 Å². The first kappa shape index (κ1) is 34.4. The Labute approximate surface area is 313 Å². The lowest BCUT2D eigenvalue weighted by atomic mass is 9.81. The number of hydrogen-bond acceptors (Lipinski definition) is 2. The number of fused-ring (bicyclic) bond motifs is 4. The highest BCUT2D eigenvalue weighted by atomic mass is 16.5. The highest BCUT2D eigenvalue weighted by molar-refractivity contribution is 6.09. The van der Waals surface area contributed by atoms with Crippen LogP contribution >= 0.6 is 0 Å². The Kier molecular flexibility index (Phi) is 8.10. The molecule has 0 aliphatic rings. The second kappa shape index (κ2) is 12.5. The zero-order valence-corrected chi connectivity index (χ0v) is 32.3. The van der Waals surface area contributed by atoms with E-state index in [1.807, 2.05) is 12.3 Å². The summed E-state index contributed by atoms with van der Waals surface area (Å²) in [6.07, 6.45) is 5.67. The fourth-order valence-corrected chi connectivity index (χ4v) is 7.34. The van der Waals surface area contributed by atoms with Gasteiger partial charge in [0.25, 0.3) is 6.33 Å². The van der Waals surface area contributed by atoms with Crippen LogP contribution in [0.2, 0.25) is 0 Å². The summed E-state index contributed by atoms with van der Waals surface area (Å²) in [5.41, 5.74) is 10.2. The number of imidazole rings is 1. The molecule has 0 atom stereocenters. The fraction of sp³-hybridized carbons (Fsp3) is 0.250. The van der Waals surface area contributed by atoms with Gasteiger partial charge in [-0.1, -0.05) is 123 Å². The summed E-state index contributed by atoms with van der Waals surface area (Å²) in [6.45, 7) is 20.3. The zero-order valence-electron chi connectivity index (χ0n) is 32.3. The standard InChI is InChI=1S/C48H48N4O/c1-46(2,3)32-21-24-39(48(7,8)9)44(27-32)51-31-50(41-19-12-13-20-42(41)51)34-15-14-16-35(29-34)53-36-22-23-38-37-17-10-11-18-40(37)52(43(38)30-36)45-28-33(25-26-49-45)47(4,5)6/h10-30H,1-9H3. The number of pyridine rings is 1. The number of aromatic nitrogens is 4. The number of nitrogens with zero attached hydrogens (tertiary/aromatic N) is 4. The molecule has 3 heterocycles. The van der Waals surface area contributed by atoms with E-state index >= 15 is 0 Å². The van der Waals surface area contributed by atoms with Crippen molar-refractivity contribution >= 4 is 32.8 Å². The predicted octanol–water partition coefficient (Wildman–Crippen LogP) is 11.9. The maximum absolute atomic E-state index is 6.67. The molecule has 5 aromatic carbocycles. The van der Waals surface area contributed by atoms with Gasteiger partial charge in [-0.25, -0.2) is 4.98 Å². The molecule has 0 amide bonds. The summed E-state index contributed by atoms with van der Waals surface area (Å²) in [4.78, 5) is 4.85. The third-order valence-corrected chi connectivity index (χ3v) is 10.3. The van der Waals surface area contributed by atoms with Crippen LogP contribution in [-0.2, 0) is 16.2 Å². The predicted molar refractivity (Wildman–Crippen MR) is 218 cm³/mol. The molecule has 53 heavy (non-hydrogen) atoms. The van der Waals surface area contributed by atoms with Crippen LogP contribution < -0.4 is 9.30 Å². The van der Waals surface area contributed by atoms with E-state index in [2.05, 4.69) is 198 Å².